The molecule has 0 fully saturated rings. The van der Waals surface area contributed by atoms with E-state index in [1.165, 1.54) is 0 Å². The zero-order valence-corrected chi connectivity index (χ0v) is 11.0. The second kappa shape index (κ2) is 5.63. The number of hydrazine groups is 1. The van der Waals surface area contributed by atoms with Crippen LogP contribution in [0.25, 0.3) is 0 Å². The number of hydrogen-bond donors (Lipinski definition) is 3. The molecule has 0 saturated heterocycles. The first-order chi connectivity index (χ1) is 9.11. The lowest BCUT2D eigenvalue weighted by Gasteiger charge is -2.03. The Balaban J connectivity index is 1.98. The summed E-state index contributed by atoms with van der Waals surface area (Å²) in [6, 6.07) is 4.97. The third kappa shape index (κ3) is 2.98. The summed E-state index contributed by atoms with van der Waals surface area (Å²) in [5, 5.41) is 6.77. The Morgan fingerprint density at radius 1 is 1.32 bits per heavy atom. The quantitative estimate of drug-likeness (QED) is 0.417. The van der Waals surface area contributed by atoms with Gasteiger partial charge in [-0.1, -0.05) is 0 Å². The predicted molar refractivity (Wildman–Crippen MR) is 70.4 cm³/mol. The van der Waals surface area contributed by atoms with E-state index in [0.29, 0.717) is 16.3 Å². The molecule has 0 spiro atoms. The molecule has 0 bridgehead atoms. The lowest BCUT2D eigenvalue weighted by atomic mass is 10.3. The smallest absolute Gasteiger partial charge is 0.275 e. The number of aryl methyl sites for hydroxylation is 1. The summed E-state index contributed by atoms with van der Waals surface area (Å²) < 4.78 is 1.68. The highest BCUT2D eigenvalue weighted by molar-refractivity contribution is 7.15. The van der Waals surface area contributed by atoms with Gasteiger partial charge in [-0.3, -0.25) is 19.7 Å². The number of rotatable bonds is 4. The van der Waals surface area contributed by atoms with E-state index in [0.717, 1.165) is 17.0 Å². The van der Waals surface area contributed by atoms with E-state index in [1.54, 1.807) is 30.1 Å². The number of amides is 2. The third-order valence-corrected chi connectivity index (χ3v) is 3.62. The van der Waals surface area contributed by atoms with Crippen LogP contribution in [0.5, 0.6) is 0 Å². The van der Waals surface area contributed by atoms with Gasteiger partial charge in [-0.15, -0.1) is 11.3 Å². The van der Waals surface area contributed by atoms with Gasteiger partial charge in [-0.25, -0.2) is 5.84 Å². The molecule has 0 aromatic carbocycles. The van der Waals surface area contributed by atoms with Crippen molar-refractivity contribution in [2.45, 2.75) is 6.54 Å². The maximum absolute atomic E-state index is 11.9. The SMILES string of the molecule is Cn1nccc1CNC(=O)c1ccc(C(=O)NN)s1. The van der Waals surface area contributed by atoms with Crippen LogP contribution in [0.15, 0.2) is 24.4 Å². The van der Waals surface area contributed by atoms with E-state index >= 15 is 0 Å². The fraction of sp³-hybridized carbons (Fsp3) is 0.182. The Kier molecular flexibility index (Phi) is 3.93. The second-order valence-electron chi connectivity index (χ2n) is 3.77. The van der Waals surface area contributed by atoms with Crippen molar-refractivity contribution in [1.82, 2.24) is 20.5 Å². The number of nitrogens with one attached hydrogen (secondary N) is 2. The van der Waals surface area contributed by atoms with Crippen LogP contribution >= 0.6 is 11.3 Å². The molecule has 0 aliphatic carbocycles. The van der Waals surface area contributed by atoms with Crippen LogP contribution in [0.4, 0.5) is 0 Å². The molecule has 0 aliphatic rings. The molecule has 0 saturated carbocycles. The van der Waals surface area contributed by atoms with Crippen molar-refractivity contribution in [3.63, 3.8) is 0 Å². The van der Waals surface area contributed by atoms with E-state index in [9.17, 15) is 9.59 Å². The van der Waals surface area contributed by atoms with E-state index in [2.05, 4.69) is 10.4 Å². The first-order valence-electron chi connectivity index (χ1n) is 5.47. The molecule has 2 aromatic heterocycles. The zero-order chi connectivity index (χ0) is 13.8. The predicted octanol–water partition coefficient (Wildman–Crippen LogP) is 0.0151. The number of carbonyl (C=O) groups is 2. The van der Waals surface area contributed by atoms with Gasteiger partial charge < -0.3 is 5.32 Å². The van der Waals surface area contributed by atoms with E-state index in [-0.39, 0.29) is 5.91 Å². The standard InChI is InChI=1S/C11H13N5O2S/c1-16-7(4-5-14-16)6-13-10(17)8-2-3-9(19-8)11(18)15-12/h2-5H,6,12H2,1H3,(H,13,17)(H,15,18). The molecule has 0 aliphatic heterocycles. The maximum Gasteiger partial charge on any atom is 0.275 e. The van der Waals surface area contributed by atoms with Crippen molar-refractivity contribution in [2.24, 2.45) is 12.9 Å². The van der Waals surface area contributed by atoms with Gasteiger partial charge >= 0.3 is 0 Å². The monoisotopic (exact) mass is 279 g/mol. The molecular formula is C11H13N5O2S. The number of nitrogens with zero attached hydrogens (tertiary/aromatic N) is 2. The van der Waals surface area contributed by atoms with Gasteiger partial charge in [0.05, 0.1) is 22.0 Å². The Hall–Kier alpha value is -2.19. The first kappa shape index (κ1) is 13.2. The molecule has 2 aromatic rings. The summed E-state index contributed by atoms with van der Waals surface area (Å²) in [6.07, 6.45) is 1.66. The Labute approximate surface area is 113 Å². The fourth-order valence-corrected chi connectivity index (χ4v) is 2.31. The average Bonchev–Trinajstić information content (AvgIpc) is 3.04. The molecule has 4 N–H and O–H groups in total. The number of carbonyl (C=O) groups excluding carboxylic acids is 2. The van der Waals surface area contributed by atoms with Crippen LogP contribution in [0.3, 0.4) is 0 Å². The van der Waals surface area contributed by atoms with Gasteiger partial charge in [0.15, 0.2) is 0 Å². The molecule has 8 heteroatoms. The van der Waals surface area contributed by atoms with Crippen LogP contribution in [0, 0.1) is 0 Å². The highest BCUT2D eigenvalue weighted by Crippen LogP contribution is 2.16. The summed E-state index contributed by atoms with van der Waals surface area (Å²) in [4.78, 5) is 24.0. The molecular weight excluding hydrogens is 266 g/mol. The van der Waals surface area contributed by atoms with Gasteiger partial charge in [0.2, 0.25) is 0 Å². The highest BCUT2D eigenvalue weighted by Gasteiger charge is 2.13. The number of hydrogen-bond acceptors (Lipinski definition) is 5. The minimum absolute atomic E-state index is 0.234. The zero-order valence-electron chi connectivity index (χ0n) is 10.2. The fourth-order valence-electron chi connectivity index (χ4n) is 1.49. The summed E-state index contributed by atoms with van der Waals surface area (Å²) in [5.41, 5.74) is 2.92. The highest BCUT2D eigenvalue weighted by atomic mass is 32.1. The Bertz CT molecular complexity index is 604. The Morgan fingerprint density at radius 3 is 2.58 bits per heavy atom. The van der Waals surface area contributed by atoms with Crippen molar-refractivity contribution in [3.8, 4) is 0 Å². The number of nitrogen functional groups attached to an aromatic ring is 1. The van der Waals surface area contributed by atoms with Crippen molar-refractivity contribution < 1.29 is 9.59 Å². The lowest BCUT2D eigenvalue weighted by Crippen LogP contribution is -2.29. The first-order valence-corrected chi connectivity index (χ1v) is 6.29. The van der Waals surface area contributed by atoms with E-state index in [4.69, 9.17) is 5.84 Å². The average molecular weight is 279 g/mol. The van der Waals surface area contributed by atoms with Gasteiger partial charge in [-0.05, 0) is 18.2 Å². The van der Waals surface area contributed by atoms with Crippen molar-refractivity contribution >= 4 is 23.2 Å². The maximum atomic E-state index is 11.9. The van der Waals surface area contributed by atoms with Crippen LogP contribution < -0.4 is 16.6 Å². The van der Waals surface area contributed by atoms with Gasteiger partial charge in [-0.2, -0.15) is 5.10 Å². The Morgan fingerprint density at radius 2 is 2.00 bits per heavy atom. The lowest BCUT2D eigenvalue weighted by molar-refractivity contribution is 0.0949. The molecule has 0 atom stereocenters. The van der Waals surface area contributed by atoms with Gasteiger partial charge in [0.25, 0.3) is 11.8 Å². The van der Waals surface area contributed by atoms with Crippen LogP contribution in [-0.4, -0.2) is 21.6 Å². The molecule has 100 valence electrons. The number of thiophene rings is 1. The van der Waals surface area contributed by atoms with Crippen molar-refractivity contribution in [2.75, 3.05) is 0 Å². The molecule has 0 radical (unpaired) electrons. The minimum atomic E-state index is -0.407. The van der Waals surface area contributed by atoms with Gasteiger partial charge in [0, 0.05) is 13.2 Å². The van der Waals surface area contributed by atoms with Crippen LogP contribution in [0.2, 0.25) is 0 Å². The molecule has 2 heterocycles. The van der Waals surface area contributed by atoms with Gasteiger partial charge in [0.1, 0.15) is 0 Å². The summed E-state index contributed by atoms with van der Waals surface area (Å²) in [7, 11) is 1.80. The van der Waals surface area contributed by atoms with Crippen LogP contribution in [0.1, 0.15) is 25.0 Å². The van der Waals surface area contributed by atoms with Crippen LogP contribution in [-0.2, 0) is 13.6 Å². The van der Waals surface area contributed by atoms with Crippen molar-refractivity contribution in [3.05, 3.63) is 39.8 Å². The molecule has 0 unspecified atom stereocenters. The minimum Gasteiger partial charge on any atom is -0.346 e. The van der Waals surface area contributed by atoms with E-state index in [1.807, 2.05) is 11.5 Å². The molecule has 2 rings (SSSR count). The molecule has 19 heavy (non-hydrogen) atoms. The second-order valence-corrected chi connectivity index (χ2v) is 4.85. The largest absolute Gasteiger partial charge is 0.346 e. The summed E-state index contributed by atoms with van der Waals surface area (Å²) in [5.74, 6) is 4.39. The number of nitrogens with two attached hydrogens (primary N) is 1. The van der Waals surface area contributed by atoms with Crippen molar-refractivity contribution in [1.29, 1.82) is 0 Å². The number of aromatic nitrogens is 2. The molecule has 7 nitrogen and oxygen atoms in total. The normalized spacial score (nSPS) is 10.2. The van der Waals surface area contributed by atoms with E-state index < -0.39 is 5.91 Å². The summed E-state index contributed by atoms with van der Waals surface area (Å²) in [6.45, 7) is 0.381. The topological polar surface area (TPSA) is 102 Å². The molecule has 2 amide bonds. The summed E-state index contributed by atoms with van der Waals surface area (Å²) >= 11 is 1.09. The third-order valence-electron chi connectivity index (χ3n) is 2.54.